The quantitative estimate of drug-likeness (QED) is 0.118. The molecule has 0 amide bonds. The summed E-state index contributed by atoms with van der Waals surface area (Å²) >= 11 is 0. The average Bonchev–Trinajstić information content (AvgIpc) is 4.08. The Labute approximate surface area is 478 Å². The van der Waals surface area contributed by atoms with Gasteiger partial charge in [-0.15, -0.1) is 29.7 Å². The van der Waals surface area contributed by atoms with Crippen molar-refractivity contribution in [3.8, 4) is 50.9 Å². The zero-order valence-electron chi connectivity index (χ0n) is 47.6. The molecule has 0 unspecified atom stereocenters. The fraction of sp³-hybridized carbons (Fsp3) is 0.333. The van der Waals surface area contributed by atoms with E-state index in [2.05, 4.69) is 236 Å². The van der Waals surface area contributed by atoms with Crippen molar-refractivity contribution in [2.45, 2.75) is 155 Å². The number of aromatic nitrogens is 4. The fourth-order valence-corrected chi connectivity index (χ4v) is 13.1. The summed E-state index contributed by atoms with van der Waals surface area (Å²) in [6, 6.07) is 60.9. The summed E-state index contributed by atoms with van der Waals surface area (Å²) in [5.41, 5.74) is 18.1. The minimum absolute atomic E-state index is 0. The van der Waals surface area contributed by atoms with Gasteiger partial charge in [0.25, 0.3) is 6.33 Å². The number of hydrogen-bond acceptors (Lipinski definition) is 2. The van der Waals surface area contributed by atoms with Gasteiger partial charge in [0.05, 0.1) is 16.7 Å². The Morgan fingerprint density at radius 1 is 0.526 bits per heavy atom. The Kier molecular flexibility index (Phi) is 13.7. The third-order valence-corrected chi connectivity index (χ3v) is 17.7. The molecule has 7 aromatic carbocycles. The van der Waals surface area contributed by atoms with Gasteiger partial charge in [0.2, 0.25) is 0 Å². The normalized spacial score (nSPS) is 16.8. The van der Waals surface area contributed by atoms with Crippen molar-refractivity contribution < 1.29 is 30.4 Å². The first kappa shape index (κ1) is 53.5. The summed E-state index contributed by atoms with van der Waals surface area (Å²) in [7, 11) is 0. The van der Waals surface area contributed by atoms with E-state index in [1.165, 1.54) is 101 Å². The third kappa shape index (κ3) is 9.56. The van der Waals surface area contributed by atoms with Crippen LogP contribution in [0.3, 0.4) is 0 Å². The largest absolute Gasteiger partial charge is 0.510 e. The predicted octanol–water partition coefficient (Wildman–Crippen LogP) is 18.5. The maximum absolute atomic E-state index is 6.78. The molecule has 3 heterocycles. The number of benzene rings is 7. The molecule has 0 bridgehead atoms. The Morgan fingerprint density at radius 3 is 1.69 bits per heavy atom. The van der Waals surface area contributed by atoms with Gasteiger partial charge in [-0.3, -0.25) is 4.57 Å². The molecule has 3 aromatic heterocycles. The summed E-state index contributed by atoms with van der Waals surface area (Å²) in [5, 5.41) is 2.24. The van der Waals surface area contributed by atoms with Crippen molar-refractivity contribution in [1.29, 1.82) is 0 Å². The summed E-state index contributed by atoms with van der Waals surface area (Å²) in [6.07, 6.45) is 15.6. The zero-order chi connectivity index (χ0) is 53.6. The summed E-state index contributed by atoms with van der Waals surface area (Å²) < 4.78 is 13.5. The zero-order valence-corrected chi connectivity index (χ0v) is 49.9. The molecule has 10 aromatic rings. The topological polar surface area (TPSA) is 35.9 Å². The van der Waals surface area contributed by atoms with E-state index in [0.29, 0.717) is 11.5 Å². The van der Waals surface area contributed by atoms with Gasteiger partial charge in [0, 0.05) is 44.3 Å². The van der Waals surface area contributed by atoms with Gasteiger partial charge in [0.1, 0.15) is 5.82 Å². The Morgan fingerprint density at radius 2 is 1.08 bits per heavy atom. The number of hydrogen-bond donors (Lipinski definition) is 0. The number of para-hydroxylation sites is 4. The van der Waals surface area contributed by atoms with Crippen LogP contribution in [0.15, 0.2) is 152 Å². The molecule has 6 heteroatoms. The van der Waals surface area contributed by atoms with Gasteiger partial charge >= 0.3 is 0 Å². The van der Waals surface area contributed by atoms with Crippen LogP contribution in [0.1, 0.15) is 155 Å². The van der Waals surface area contributed by atoms with Crippen LogP contribution in [0.2, 0.25) is 0 Å². The summed E-state index contributed by atoms with van der Waals surface area (Å²) in [6.45, 7) is 26.3. The van der Waals surface area contributed by atoms with Gasteiger partial charge in [-0.05, 0) is 132 Å². The van der Waals surface area contributed by atoms with E-state index < -0.39 is 0 Å². The Hall–Kier alpha value is -6.55. The molecule has 400 valence electrons. The van der Waals surface area contributed by atoms with Crippen molar-refractivity contribution in [3.05, 3.63) is 198 Å². The molecule has 0 N–H and O–H groups in total. The summed E-state index contributed by atoms with van der Waals surface area (Å²) in [4.78, 5) is 4.90. The molecule has 0 fully saturated rings. The smallest absolute Gasteiger partial charge is 0.268 e. The van der Waals surface area contributed by atoms with Crippen LogP contribution in [-0.4, -0.2) is 14.1 Å². The summed E-state index contributed by atoms with van der Waals surface area (Å²) in [5.74, 6) is 2.04. The van der Waals surface area contributed by atoms with E-state index in [4.69, 9.17) is 9.72 Å². The third-order valence-electron chi connectivity index (χ3n) is 17.7. The van der Waals surface area contributed by atoms with Crippen LogP contribution < -0.4 is 9.30 Å². The van der Waals surface area contributed by atoms with Gasteiger partial charge in [-0.25, -0.2) is 4.98 Å². The minimum Gasteiger partial charge on any atom is -0.510 e. The van der Waals surface area contributed by atoms with Gasteiger partial charge < -0.3 is 13.9 Å². The molecule has 0 saturated carbocycles. The number of imidazole rings is 1. The van der Waals surface area contributed by atoms with Gasteiger partial charge in [-0.1, -0.05) is 204 Å². The number of nitrogens with zero attached hydrogens (tertiary/aromatic N) is 4. The molecule has 12 rings (SSSR count). The van der Waals surface area contributed by atoms with Gasteiger partial charge in [0.15, 0.2) is 0 Å². The van der Waals surface area contributed by atoms with E-state index in [9.17, 15) is 0 Å². The second-order valence-electron chi connectivity index (χ2n) is 26.0. The predicted molar refractivity (Wildman–Crippen MR) is 319 cm³/mol. The van der Waals surface area contributed by atoms with E-state index in [1.54, 1.807) is 0 Å². The minimum atomic E-state index is -0.0338. The molecule has 78 heavy (non-hydrogen) atoms. The fourth-order valence-electron chi connectivity index (χ4n) is 13.1. The molecule has 0 aliphatic heterocycles. The van der Waals surface area contributed by atoms with Crippen molar-refractivity contribution >= 4 is 32.8 Å². The maximum Gasteiger partial charge on any atom is 0.268 e. The Balaban J connectivity index is 0.00000645. The first-order chi connectivity index (χ1) is 36.8. The first-order valence-corrected chi connectivity index (χ1v) is 28.3. The molecule has 5 nitrogen and oxygen atoms in total. The van der Waals surface area contributed by atoms with Crippen molar-refractivity contribution in [3.63, 3.8) is 0 Å². The van der Waals surface area contributed by atoms with Crippen molar-refractivity contribution in [2.24, 2.45) is 0 Å². The van der Waals surface area contributed by atoms with Crippen LogP contribution in [0, 0.1) is 18.5 Å². The molecule has 0 radical (unpaired) electrons. The van der Waals surface area contributed by atoms with E-state index in [-0.39, 0.29) is 48.1 Å². The second kappa shape index (κ2) is 20.0. The van der Waals surface area contributed by atoms with Crippen molar-refractivity contribution in [2.75, 3.05) is 0 Å². The first-order valence-electron chi connectivity index (χ1n) is 28.3. The molecule has 0 saturated heterocycles. The number of ether oxygens (including phenoxy) is 1. The number of rotatable bonds is 7. The Bertz CT molecular complexity index is 3810. The van der Waals surface area contributed by atoms with E-state index in [0.717, 1.165) is 50.0 Å². The molecule has 0 atom stereocenters. The van der Waals surface area contributed by atoms with Crippen LogP contribution >= 0.6 is 0 Å². The SMILES string of the molecule is CC(C)(C)c1ccnc(-n2c3[c-]c(Oc4[c-]c(-n5[c-][n+](-c6c(-c7ccc8c(c7)C(C)(C)CCCCC8(C)C)cccc6-c6ccc7c(c6)C(C)(C)CCCCC7(C)C)c6ccccc65)ccc4)ccc3c3ccccc32)c1.[Pt]. The monoisotopic (exact) mass is 1210 g/mol. The standard InChI is InChI=1S/C72H74N4O.Pt/c1-68(2,3)50-36-41-73-66(44-50)76-62-27-13-12-24-56(62)57-33-32-53(46-65(57)76)77-52-23-20-22-51(45-52)74-47-75(64-29-15-14-28-63(64)74)67-54(48-30-34-58-60(42-48)71(8,9)39-18-16-37-69(58,4)5)25-21-26-55(67)49-31-35-59-61(43-49)72(10,11)40-19-17-38-70(59,6)7;/h12-15,20-36,41-44H,16-19,37-40H2,1-11H3;/q-2;. The second-order valence-corrected chi connectivity index (χ2v) is 26.0. The molecular weight excluding hydrogens is 1130 g/mol. The molecule has 2 aliphatic carbocycles. The van der Waals surface area contributed by atoms with E-state index >= 15 is 0 Å². The maximum atomic E-state index is 6.78. The van der Waals surface area contributed by atoms with Crippen LogP contribution in [0.25, 0.3) is 72.3 Å². The van der Waals surface area contributed by atoms with Crippen molar-refractivity contribution in [1.82, 2.24) is 14.1 Å². The molecular formula is C72H74N4OPt-2. The van der Waals surface area contributed by atoms with Crippen LogP contribution in [0.4, 0.5) is 0 Å². The van der Waals surface area contributed by atoms with Crippen LogP contribution in [-0.2, 0) is 48.1 Å². The number of pyridine rings is 1. The van der Waals surface area contributed by atoms with E-state index in [1.807, 2.05) is 24.4 Å². The van der Waals surface area contributed by atoms with Crippen LogP contribution in [0.5, 0.6) is 11.5 Å². The molecule has 2 aliphatic rings. The molecule has 0 spiro atoms. The average molecular weight is 1210 g/mol. The number of fused-ring (bicyclic) bond motifs is 6. The van der Waals surface area contributed by atoms with Gasteiger partial charge in [-0.2, -0.15) is 18.2 Å².